The summed E-state index contributed by atoms with van der Waals surface area (Å²) in [5.41, 5.74) is 0.261. The van der Waals surface area contributed by atoms with Crippen LogP contribution >= 0.6 is 0 Å². The Morgan fingerprint density at radius 3 is 2.91 bits per heavy atom. The van der Waals surface area contributed by atoms with Crippen LogP contribution in [-0.4, -0.2) is 17.1 Å². The van der Waals surface area contributed by atoms with Gasteiger partial charge in [-0.1, -0.05) is 6.07 Å². The van der Waals surface area contributed by atoms with Gasteiger partial charge < -0.3 is 10.1 Å². The van der Waals surface area contributed by atoms with E-state index in [4.69, 9.17) is 0 Å². The summed E-state index contributed by atoms with van der Waals surface area (Å²) in [6, 6.07) is 4.63. The number of hydrogen-bond donors (Lipinski definition) is 3. The third-order valence-corrected chi connectivity index (χ3v) is 1.36. The van der Waals surface area contributed by atoms with Gasteiger partial charge in [0.15, 0.2) is 0 Å². The van der Waals surface area contributed by atoms with Crippen LogP contribution in [0.1, 0.15) is 11.9 Å². The van der Waals surface area contributed by atoms with Crippen LogP contribution in [0.4, 0.5) is 0 Å². The first-order valence-corrected chi connectivity index (χ1v) is 3.28. The highest BCUT2D eigenvalue weighted by Gasteiger charge is 2.02. The molecular formula is C7H10N2O2. The fourth-order valence-corrected chi connectivity index (χ4v) is 0.780. The third kappa shape index (κ3) is 1.89. The van der Waals surface area contributed by atoms with Crippen molar-refractivity contribution in [3.8, 4) is 0 Å². The second kappa shape index (κ2) is 3.32. The second-order valence-corrected chi connectivity index (χ2v) is 2.16. The highest BCUT2D eigenvalue weighted by molar-refractivity contribution is 5.05. The van der Waals surface area contributed by atoms with Crippen molar-refractivity contribution < 1.29 is 5.11 Å². The predicted molar refractivity (Wildman–Crippen MR) is 41.1 cm³/mol. The monoisotopic (exact) mass is 154 g/mol. The molecule has 0 aromatic carbocycles. The first-order chi connectivity index (χ1) is 5.24. The topological polar surface area (TPSA) is 65.1 Å². The van der Waals surface area contributed by atoms with E-state index >= 15 is 0 Å². The lowest BCUT2D eigenvalue weighted by Gasteiger charge is -2.07. The molecule has 11 heavy (non-hydrogen) atoms. The van der Waals surface area contributed by atoms with E-state index in [1.807, 2.05) is 0 Å². The maximum atomic E-state index is 10.7. The molecule has 1 rings (SSSR count). The Bertz CT molecular complexity index is 282. The average Bonchev–Trinajstić information content (AvgIpc) is 2.03. The van der Waals surface area contributed by atoms with Gasteiger partial charge in [0.1, 0.15) is 6.23 Å². The Morgan fingerprint density at radius 1 is 1.64 bits per heavy atom. The third-order valence-electron chi connectivity index (χ3n) is 1.36. The standard InChI is InChI=1S/C7H10N2O2/c1-8-7(11)5-3-2-4-6(10)9-5/h2-4,7-8,11H,1H3,(H,9,10). The maximum Gasteiger partial charge on any atom is 0.248 e. The van der Waals surface area contributed by atoms with Crippen LogP contribution in [0, 0.1) is 0 Å². The van der Waals surface area contributed by atoms with Crippen LogP contribution < -0.4 is 10.9 Å². The lowest BCUT2D eigenvalue weighted by atomic mass is 10.3. The van der Waals surface area contributed by atoms with Crippen molar-refractivity contribution in [2.45, 2.75) is 6.23 Å². The molecule has 0 saturated heterocycles. The van der Waals surface area contributed by atoms with Crippen molar-refractivity contribution in [1.29, 1.82) is 0 Å². The summed E-state index contributed by atoms with van der Waals surface area (Å²) < 4.78 is 0. The largest absolute Gasteiger partial charge is 0.373 e. The molecule has 1 heterocycles. The van der Waals surface area contributed by atoms with Crippen molar-refractivity contribution in [2.75, 3.05) is 7.05 Å². The first-order valence-electron chi connectivity index (χ1n) is 3.28. The zero-order valence-corrected chi connectivity index (χ0v) is 6.16. The molecule has 3 N–H and O–H groups in total. The summed E-state index contributed by atoms with van der Waals surface area (Å²) in [6.07, 6.45) is -0.802. The number of aromatic nitrogens is 1. The molecule has 4 heteroatoms. The number of aliphatic hydroxyl groups is 1. The highest BCUT2D eigenvalue weighted by Crippen LogP contribution is 2.00. The lowest BCUT2D eigenvalue weighted by molar-refractivity contribution is 0.144. The van der Waals surface area contributed by atoms with E-state index in [1.165, 1.54) is 6.07 Å². The number of hydrogen-bond acceptors (Lipinski definition) is 3. The Kier molecular flexibility index (Phi) is 2.40. The second-order valence-electron chi connectivity index (χ2n) is 2.16. The van der Waals surface area contributed by atoms with Gasteiger partial charge in [-0.15, -0.1) is 0 Å². The Balaban J connectivity index is 2.96. The molecule has 4 nitrogen and oxygen atoms in total. The van der Waals surface area contributed by atoms with E-state index in [9.17, 15) is 9.90 Å². The minimum Gasteiger partial charge on any atom is -0.373 e. The van der Waals surface area contributed by atoms with Gasteiger partial charge in [0.2, 0.25) is 5.56 Å². The van der Waals surface area contributed by atoms with E-state index in [1.54, 1.807) is 19.2 Å². The first kappa shape index (κ1) is 7.97. The molecule has 1 atom stereocenters. The summed E-state index contributed by atoms with van der Waals surface area (Å²) in [5, 5.41) is 11.8. The fourth-order valence-electron chi connectivity index (χ4n) is 0.780. The van der Waals surface area contributed by atoms with Crippen LogP contribution in [0.3, 0.4) is 0 Å². The number of rotatable bonds is 2. The molecule has 0 aliphatic carbocycles. The van der Waals surface area contributed by atoms with Gasteiger partial charge >= 0.3 is 0 Å². The summed E-state index contributed by atoms with van der Waals surface area (Å²) in [7, 11) is 1.61. The van der Waals surface area contributed by atoms with Gasteiger partial charge in [0.25, 0.3) is 0 Å². The molecule has 0 aliphatic rings. The molecule has 60 valence electrons. The zero-order valence-electron chi connectivity index (χ0n) is 6.16. The predicted octanol–water partition coefficient (Wildman–Crippen LogP) is -0.415. The summed E-state index contributed by atoms with van der Waals surface area (Å²) >= 11 is 0. The molecule has 1 aromatic rings. The minimum absolute atomic E-state index is 0.211. The van der Waals surface area contributed by atoms with Gasteiger partial charge in [-0.05, 0) is 13.1 Å². The lowest BCUT2D eigenvalue weighted by Crippen LogP contribution is -2.19. The molecular weight excluding hydrogens is 144 g/mol. The zero-order chi connectivity index (χ0) is 8.27. The van der Waals surface area contributed by atoms with Crippen molar-refractivity contribution in [3.05, 3.63) is 34.2 Å². The number of H-pyrrole nitrogens is 1. The van der Waals surface area contributed by atoms with Crippen LogP contribution in [0.5, 0.6) is 0 Å². The van der Waals surface area contributed by atoms with Crippen molar-refractivity contribution in [2.24, 2.45) is 0 Å². The Morgan fingerprint density at radius 2 is 2.36 bits per heavy atom. The Labute approximate surface area is 63.9 Å². The van der Waals surface area contributed by atoms with E-state index in [2.05, 4.69) is 10.3 Å². The number of pyridine rings is 1. The van der Waals surface area contributed by atoms with Gasteiger partial charge in [-0.3, -0.25) is 10.1 Å². The van der Waals surface area contributed by atoms with Crippen LogP contribution in [0.25, 0.3) is 0 Å². The van der Waals surface area contributed by atoms with Crippen molar-refractivity contribution in [3.63, 3.8) is 0 Å². The molecule has 0 amide bonds. The Hall–Kier alpha value is -1.13. The van der Waals surface area contributed by atoms with Gasteiger partial charge in [-0.25, -0.2) is 0 Å². The molecule has 0 fully saturated rings. The van der Waals surface area contributed by atoms with Crippen LogP contribution in [0.2, 0.25) is 0 Å². The average molecular weight is 154 g/mol. The van der Waals surface area contributed by atoms with E-state index < -0.39 is 6.23 Å². The molecule has 0 bridgehead atoms. The van der Waals surface area contributed by atoms with Crippen LogP contribution in [-0.2, 0) is 0 Å². The summed E-state index contributed by atoms with van der Waals surface area (Å²) in [6.45, 7) is 0. The molecule has 1 aromatic heterocycles. The molecule has 0 aliphatic heterocycles. The van der Waals surface area contributed by atoms with E-state index in [-0.39, 0.29) is 5.56 Å². The van der Waals surface area contributed by atoms with E-state index in [0.29, 0.717) is 5.69 Å². The number of nitrogens with one attached hydrogen (secondary N) is 2. The maximum absolute atomic E-state index is 10.7. The summed E-state index contributed by atoms with van der Waals surface area (Å²) in [4.78, 5) is 13.2. The normalized spacial score (nSPS) is 12.9. The smallest absolute Gasteiger partial charge is 0.248 e. The minimum atomic E-state index is -0.802. The number of aliphatic hydroxyl groups excluding tert-OH is 1. The van der Waals surface area contributed by atoms with Crippen LogP contribution in [0.15, 0.2) is 23.0 Å². The van der Waals surface area contributed by atoms with Gasteiger partial charge in [-0.2, -0.15) is 0 Å². The van der Waals surface area contributed by atoms with Gasteiger partial charge in [0, 0.05) is 6.07 Å². The SMILES string of the molecule is CNC(O)c1cccc(=O)[nH]1. The molecule has 1 unspecified atom stereocenters. The van der Waals surface area contributed by atoms with Crippen molar-refractivity contribution in [1.82, 2.24) is 10.3 Å². The molecule has 0 saturated carbocycles. The highest BCUT2D eigenvalue weighted by atomic mass is 16.3. The van der Waals surface area contributed by atoms with E-state index in [0.717, 1.165) is 0 Å². The van der Waals surface area contributed by atoms with Crippen molar-refractivity contribution >= 4 is 0 Å². The van der Waals surface area contributed by atoms with Gasteiger partial charge in [0.05, 0.1) is 5.69 Å². The quantitative estimate of drug-likeness (QED) is 0.507. The molecule has 0 radical (unpaired) electrons. The molecule has 0 spiro atoms. The number of aromatic amines is 1. The fraction of sp³-hybridized carbons (Fsp3) is 0.286. The summed E-state index contributed by atoms with van der Waals surface area (Å²) in [5.74, 6) is 0.